The van der Waals surface area contributed by atoms with Crippen molar-refractivity contribution in [1.82, 2.24) is 5.32 Å². The molecule has 0 bridgehead atoms. The lowest BCUT2D eigenvalue weighted by atomic mass is 10.1. The first-order valence-corrected chi connectivity index (χ1v) is 4.49. The van der Waals surface area contributed by atoms with Crippen molar-refractivity contribution in [2.24, 2.45) is 0 Å². The van der Waals surface area contributed by atoms with Crippen molar-refractivity contribution in [3.8, 4) is 0 Å². The number of aliphatic carboxylic acids is 1. The average Bonchev–Trinajstić information content (AvgIpc) is 2.68. The highest BCUT2D eigenvalue weighted by molar-refractivity contribution is 5.83. The van der Waals surface area contributed by atoms with Crippen LogP contribution in [0.1, 0.15) is 5.56 Å². The zero-order valence-electron chi connectivity index (χ0n) is 7.60. The predicted octanol–water partition coefficient (Wildman–Crippen LogP) is 1.13. The highest BCUT2D eigenvalue weighted by Crippen LogP contribution is 2.18. The van der Waals surface area contributed by atoms with Crippen LogP contribution in [0.2, 0.25) is 0 Å². The van der Waals surface area contributed by atoms with E-state index in [0.29, 0.717) is 6.54 Å². The summed E-state index contributed by atoms with van der Waals surface area (Å²) in [7, 11) is 0. The smallest absolute Gasteiger partial charge is 0.324 e. The Labute approximate surface area is 82.1 Å². The molecule has 1 heterocycles. The number of carbonyl (C=O) groups is 1. The molecule has 0 amide bonds. The highest BCUT2D eigenvalue weighted by atomic mass is 16.4. The van der Waals surface area contributed by atoms with Gasteiger partial charge >= 0.3 is 5.97 Å². The minimum atomic E-state index is -0.823. The molecule has 0 aromatic heterocycles. The SMILES string of the molecule is O=C(O)C1C=C(c2ccccc2)CN1. The van der Waals surface area contributed by atoms with Crippen molar-refractivity contribution in [3.05, 3.63) is 42.0 Å². The van der Waals surface area contributed by atoms with Crippen LogP contribution in [0.3, 0.4) is 0 Å². The van der Waals surface area contributed by atoms with Gasteiger partial charge in [0, 0.05) is 6.54 Å². The Hall–Kier alpha value is -1.61. The standard InChI is InChI=1S/C11H11NO2/c13-11(14)10-6-9(7-12-10)8-4-2-1-3-5-8/h1-6,10,12H,7H2,(H,13,14). The van der Waals surface area contributed by atoms with E-state index in [1.54, 1.807) is 6.08 Å². The van der Waals surface area contributed by atoms with E-state index in [4.69, 9.17) is 5.11 Å². The molecule has 1 aliphatic heterocycles. The van der Waals surface area contributed by atoms with Gasteiger partial charge in [0.1, 0.15) is 6.04 Å². The molecule has 3 heteroatoms. The Morgan fingerprint density at radius 1 is 1.36 bits per heavy atom. The summed E-state index contributed by atoms with van der Waals surface area (Å²) in [6.45, 7) is 0.626. The zero-order valence-corrected chi connectivity index (χ0v) is 7.60. The van der Waals surface area contributed by atoms with Gasteiger partial charge in [-0.1, -0.05) is 36.4 Å². The molecule has 0 aliphatic carbocycles. The molecule has 0 saturated heterocycles. The monoisotopic (exact) mass is 189 g/mol. The Balaban J connectivity index is 2.22. The molecule has 0 fully saturated rings. The first kappa shape index (κ1) is 8.97. The number of hydrogen-bond donors (Lipinski definition) is 2. The fourth-order valence-corrected chi connectivity index (χ4v) is 1.55. The summed E-state index contributed by atoms with van der Waals surface area (Å²) in [6, 6.07) is 9.27. The molecule has 14 heavy (non-hydrogen) atoms. The van der Waals surface area contributed by atoms with Crippen LogP contribution in [-0.4, -0.2) is 23.7 Å². The van der Waals surface area contributed by atoms with E-state index in [1.165, 1.54) is 0 Å². The van der Waals surface area contributed by atoms with Crippen LogP contribution >= 0.6 is 0 Å². The topological polar surface area (TPSA) is 49.3 Å². The zero-order chi connectivity index (χ0) is 9.97. The summed E-state index contributed by atoms with van der Waals surface area (Å²) in [6.07, 6.45) is 1.76. The largest absolute Gasteiger partial charge is 0.480 e. The first-order chi connectivity index (χ1) is 6.77. The maximum atomic E-state index is 10.7. The number of rotatable bonds is 2. The molecule has 1 aliphatic rings. The normalized spacial score (nSPS) is 20.6. The van der Waals surface area contributed by atoms with Crippen LogP contribution in [0.5, 0.6) is 0 Å². The number of carboxylic acid groups (broad SMARTS) is 1. The summed E-state index contributed by atoms with van der Waals surface area (Å²) in [5, 5.41) is 11.7. The third-order valence-corrected chi connectivity index (χ3v) is 2.29. The van der Waals surface area contributed by atoms with E-state index in [2.05, 4.69) is 5.32 Å². The van der Waals surface area contributed by atoms with Crippen LogP contribution in [0.15, 0.2) is 36.4 Å². The minimum absolute atomic E-state index is 0.537. The Morgan fingerprint density at radius 2 is 2.07 bits per heavy atom. The third-order valence-electron chi connectivity index (χ3n) is 2.29. The first-order valence-electron chi connectivity index (χ1n) is 4.49. The Morgan fingerprint density at radius 3 is 2.64 bits per heavy atom. The van der Waals surface area contributed by atoms with Crippen molar-refractivity contribution >= 4 is 11.5 Å². The van der Waals surface area contributed by atoms with Gasteiger partial charge in [0.2, 0.25) is 0 Å². The molecule has 0 spiro atoms. The number of benzene rings is 1. The minimum Gasteiger partial charge on any atom is -0.480 e. The van der Waals surface area contributed by atoms with Crippen LogP contribution in [0, 0.1) is 0 Å². The van der Waals surface area contributed by atoms with Crippen LogP contribution < -0.4 is 5.32 Å². The van der Waals surface area contributed by atoms with E-state index in [-0.39, 0.29) is 0 Å². The van der Waals surface area contributed by atoms with Gasteiger partial charge in [0.15, 0.2) is 0 Å². The lowest BCUT2D eigenvalue weighted by Crippen LogP contribution is -2.30. The van der Waals surface area contributed by atoms with Crippen molar-refractivity contribution in [1.29, 1.82) is 0 Å². The van der Waals surface area contributed by atoms with E-state index >= 15 is 0 Å². The van der Waals surface area contributed by atoms with Crippen molar-refractivity contribution in [2.75, 3.05) is 6.54 Å². The van der Waals surface area contributed by atoms with E-state index < -0.39 is 12.0 Å². The maximum Gasteiger partial charge on any atom is 0.324 e. The fourth-order valence-electron chi connectivity index (χ4n) is 1.55. The van der Waals surface area contributed by atoms with Gasteiger partial charge < -0.3 is 5.11 Å². The lowest BCUT2D eigenvalue weighted by Gasteiger charge is -2.00. The molecule has 2 N–H and O–H groups in total. The van der Waals surface area contributed by atoms with Gasteiger partial charge in [-0.2, -0.15) is 0 Å². The molecule has 0 radical (unpaired) electrons. The highest BCUT2D eigenvalue weighted by Gasteiger charge is 2.21. The van der Waals surface area contributed by atoms with Gasteiger partial charge in [0.25, 0.3) is 0 Å². The van der Waals surface area contributed by atoms with E-state index in [9.17, 15) is 4.79 Å². The summed E-state index contributed by atoms with van der Waals surface area (Å²) in [4.78, 5) is 10.7. The molecule has 1 unspecified atom stereocenters. The molecule has 2 rings (SSSR count). The van der Waals surface area contributed by atoms with Crippen LogP contribution in [0.25, 0.3) is 5.57 Å². The van der Waals surface area contributed by atoms with Gasteiger partial charge in [-0.3, -0.25) is 10.1 Å². The number of carboxylic acids is 1. The van der Waals surface area contributed by atoms with E-state index in [0.717, 1.165) is 11.1 Å². The molecule has 1 atom stereocenters. The molecule has 0 saturated carbocycles. The van der Waals surface area contributed by atoms with Crippen LogP contribution in [-0.2, 0) is 4.79 Å². The fraction of sp³-hybridized carbons (Fsp3) is 0.182. The maximum absolute atomic E-state index is 10.7. The Kier molecular flexibility index (Phi) is 2.33. The van der Waals surface area contributed by atoms with E-state index in [1.807, 2.05) is 30.3 Å². The summed E-state index contributed by atoms with van der Waals surface area (Å²) in [5.74, 6) is -0.823. The summed E-state index contributed by atoms with van der Waals surface area (Å²) in [5.41, 5.74) is 2.14. The molecular formula is C11H11NO2. The molecule has 3 nitrogen and oxygen atoms in total. The van der Waals surface area contributed by atoms with Gasteiger partial charge in [-0.05, 0) is 11.1 Å². The average molecular weight is 189 g/mol. The van der Waals surface area contributed by atoms with Gasteiger partial charge in [-0.15, -0.1) is 0 Å². The molecule has 72 valence electrons. The van der Waals surface area contributed by atoms with Gasteiger partial charge in [0.05, 0.1) is 0 Å². The second kappa shape index (κ2) is 3.64. The predicted molar refractivity (Wildman–Crippen MR) is 53.8 cm³/mol. The van der Waals surface area contributed by atoms with Gasteiger partial charge in [-0.25, -0.2) is 0 Å². The second-order valence-corrected chi connectivity index (χ2v) is 3.25. The molecule has 1 aromatic carbocycles. The third kappa shape index (κ3) is 1.67. The number of hydrogen-bond acceptors (Lipinski definition) is 2. The second-order valence-electron chi connectivity index (χ2n) is 3.25. The summed E-state index contributed by atoms with van der Waals surface area (Å²) < 4.78 is 0. The lowest BCUT2D eigenvalue weighted by molar-refractivity contribution is -0.137. The van der Waals surface area contributed by atoms with Crippen molar-refractivity contribution in [2.45, 2.75) is 6.04 Å². The van der Waals surface area contributed by atoms with Crippen molar-refractivity contribution < 1.29 is 9.90 Å². The Bertz CT molecular complexity index is 370. The number of nitrogens with one attached hydrogen (secondary N) is 1. The molecular weight excluding hydrogens is 178 g/mol. The van der Waals surface area contributed by atoms with Crippen LogP contribution in [0.4, 0.5) is 0 Å². The summed E-state index contributed by atoms with van der Waals surface area (Å²) >= 11 is 0. The van der Waals surface area contributed by atoms with Crippen molar-refractivity contribution in [3.63, 3.8) is 0 Å². The molecule has 1 aromatic rings. The quantitative estimate of drug-likeness (QED) is 0.733.